The van der Waals surface area contributed by atoms with Crippen molar-refractivity contribution in [2.24, 2.45) is 0 Å². The lowest BCUT2D eigenvalue weighted by Gasteiger charge is -2.34. The number of piperazine rings is 1. The Morgan fingerprint density at radius 1 is 1.03 bits per heavy atom. The van der Waals surface area contributed by atoms with Gasteiger partial charge in [0.15, 0.2) is 0 Å². The third kappa shape index (κ3) is 4.43. The average Bonchev–Trinajstić information content (AvgIpc) is 2.66. The first-order chi connectivity index (χ1) is 13.5. The maximum atomic E-state index is 12.9. The number of sulfonamides is 1. The van der Waals surface area contributed by atoms with Crippen molar-refractivity contribution in [1.82, 2.24) is 14.2 Å². The second-order valence-corrected chi connectivity index (χ2v) is 8.80. The van der Waals surface area contributed by atoms with Crippen LogP contribution in [0.4, 0.5) is 13.2 Å². The van der Waals surface area contributed by atoms with Gasteiger partial charge in [-0.2, -0.15) is 17.5 Å². The number of benzene rings is 1. The molecule has 1 aliphatic rings. The molecule has 2 heterocycles. The fraction of sp³-hybridized carbons (Fsp3) is 0.368. The SMILES string of the molecule is Cc1ccc(S(=O)(=O)N2CCN(C(=O)c3ccc(C(F)(F)F)nc3)CC2)c(C)c1. The molecule has 0 atom stereocenters. The summed E-state index contributed by atoms with van der Waals surface area (Å²) >= 11 is 0. The summed E-state index contributed by atoms with van der Waals surface area (Å²) in [5, 5.41) is 0. The number of hydrogen-bond donors (Lipinski definition) is 0. The minimum atomic E-state index is -4.57. The second kappa shape index (κ2) is 7.75. The van der Waals surface area contributed by atoms with Crippen molar-refractivity contribution in [3.05, 3.63) is 58.9 Å². The maximum absolute atomic E-state index is 12.9. The molecule has 156 valence electrons. The summed E-state index contributed by atoms with van der Waals surface area (Å²) in [6.07, 6.45) is -3.68. The van der Waals surface area contributed by atoms with E-state index in [-0.39, 0.29) is 36.6 Å². The van der Waals surface area contributed by atoms with Crippen LogP contribution >= 0.6 is 0 Å². The Bertz CT molecular complexity index is 1010. The first kappa shape index (κ1) is 21.3. The highest BCUT2D eigenvalue weighted by atomic mass is 32.2. The zero-order chi connectivity index (χ0) is 21.4. The molecule has 0 radical (unpaired) electrons. The smallest absolute Gasteiger partial charge is 0.336 e. The van der Waals surface area contributed by atoms with Crippen molar-refractivity contribution < 1.29 is 26.4 Å². The Morgan fingerprint density at radius 2 is 1.69 bits per heavy atom. The molecule has 0 spiro atoms. The molecule has 1 aromatic carbocycles. The number of alkyl halides is 3. The minimum Gasteiger partial charge on any atom is -0.336 e. The van der Waals surface area contributed by atoms with Gasteiger partial charge in [0.1, 0.15) is 5.69 Å². The zero-order valence-electron chi connectivity index (χ0n) is 15.9. The minimum absolute atomic E-state index is 0.0312. The van der Waals surface area contributed by atoms with Gasteiger partial charge in [0.05, 0.1) is 10.5 Å². The summed E-state index contributed by atoms with van der Waals surface area (Å²) in [4.78, 5) is 17.5. The standard InChI is InChI=1S/C19H20F3N3O3S/c1-13-3-5-16(14(2)11-13)29(27,28)25-9-7-24(8-10-25)18(26)15-4-6-17(23-12-15)19(20,21)22/h3-6,11-12H,7-10H2,1-2H3. The van der Waals surface area contributed by atoms with Crippen LogP contribution in [0.3, 0.4) is 0 Å². The molecule has 1 amide bonds. The van der Waals surface area contributed by atoms with Gasteiger partial charge < -0.3 is 4.90 Å². The van der Waals surface area contributed by atoms with E-state index >= 15 is 0 Å². The molecule has 1 fully saturated rings. The fourth-order valence-corrected chi connectivity index (χ4v) is 4.86. The van der Waals surface area contributed by atoms with E-state index in [1.807, 2.05) is 6.92 Å². The van der Waals surface area contributed by atoms with Crippen molar-refractivity contribution in [2.45, 2.75) is 24.9 Å². The van der Waals surface area contributed by atoms with Gasteiger partial charge in [-0.15, -0.1) is 0 Å². The Hall–Kier alpha value is -2.46. The number of halogens is 3. The van der Waals surface area contributed by atoms with E-state index in [0.29, 0.717) is 5.56 Å². The average molecular weight is 427 g/mol. The molecule has 1 saturated heterocycles. The van der Waals surface area contributed by atoms with Crippen LogP contribution < -0.4 is 0 Å². The number of pyridine rings is 1. The summed E-state index contributed by atoms with van der Waals surface area (Å²) in [6, 6.07) is 6.94. The maximum Gasteiger partial charge on any atom is 0.433 e. The van der Waals surface area contributed by atoms with Gasteiger partial charge in [-0.25, -0.2) is 8.42 Å². The Labute approximate surface area is 167 Å². The first-order valence-electron chi connectivity index (χ1n) is 8.90. The van der Waals surface area contributed by atoms with E-state index in [1.54, 1.807) is 25.1 Å². The van der Waals surface area contributed by atoms with Crippen molar-refractivity contribution in [3.63, 3.8) is 0 Å². The van der Waals surface area contributed by atoms with Gasteiger partial charge in [0.25, 0.3) is 5.91 Å². The normalized spacial score (nSPS) is 16.1. The van der Waals surface area contributed by atoms with Gasteiger partial charge >= 0.3 is 6.18 Å². The molecule has 0 aliphatic carbocycles. The number of rotatable bonds is 3. The number of hydrogen-bond acceptors (Lipinski definition) is 4. The number of aryl methyl sites for hydroxylation is 2. The topological polar surface area (TPSA) is 70.6 Å². The van der Waals surface area contributed by atoms with E-state index in [9.17, 15) is 26.4 Å². The number of carbonyl (C=O) groups is 1. The highest BCUT2D eigenvalue weighted by Crippen LogP contribution is 2.27. The van der Waals surface area contributed by atoms with Gasteiger partial charge in [-0.1, -0.05) is 17.7 Å². The molecule has 0 saturated carbocycles. The molecule has 2 aromatic rings. The van der Waals surface area contributed by atoms with Crippen LogP contribution in [0.15, 0.2) is 41.4 Å². The molecule has 10 heteroatoms. The molecule has 3 rings (SSSR count). The molecule has 1 aliphatic heterocycles. The summed E-state index contributed by atoms with van der Waals surface area (Å²) < 4.78 is 64.9. The van der Waals surface area contributed by atoms with E-state index in [0.717, 1.165) is 23.9 Å². The van der Waals surface area contributed by atoms with E-state index in [1.165, 1.54) is 9.21 Å². The van der Waals surface area contributed by atoms with Gasteiger partial charge in [0, 0.05) is 32.4 Å². The number of nitrogens with zero attached hydrogens (tertiary/aromatic N) is 3. The number of amides is 1. The summed E-state index contributed by atoms with van der Waals surface area (Å²) in [5.74, 6) is -0.477. The number of aromatic nitrogens is 1. The van der Waals surface area contributed by atoms with Crippen LogP contribution in [-0.2, 0) is 16.2 Å². The largest absolute Gasteiger partial charge is 0.433 e. The van der Waals surface area contributed by atoms with Crippen molar-refractivity contribution in [3.8, 4) is 0 Å². The van der Waals surface area contributed by atoms with Crippen LogP contribution in [0.5, 0.6) is 0 Å². The monoisotopic (exact) mass is 427 g/mol. The Kier molecular flexibility index (Phi) is 5.68. The van der Waals surface area contributed by atoms with E-state index in [2.05, 4.69) is 4.98 Å². The molecular weight excluding hydrogens is 407 g/mol. The van der Waals surface area contributed by atoms with Crippen LogP contribution in [-0.4, -0.2) is 54.7 Å². The second-order valence-electron chi connectivity index (χ2n) is 6.90. The zero-order valence-corrected chi connectivity index (χ0v) is 16.7. The van der Waals surface area contributed by atoms with Gasteiger partial charge in [-0.3, -0.25) is 9.78 Å². The predicted molar refractivity (Wildman–Crippen MR) is 99.8 cm³/mol. The Balaban J connectivity index is 1.69. The first-order valence-corrected chi connectivity index (χ1v) is 10.3. The summed E-state index contributed by atoms with van der Waals surface area (Å²) in [5.41, 5.74) is 0.573. The third-order valence-electron chi connectivity index (χ3n) is 4.77. The summed E-state index contributed by atoms with van der Waals surface area (Å²) in [7, 11) is -3.69. The van der Waals surface area contributed by atoms with Gasteiger partial charge in [-0.05, 0) is 37.6 Å². The molecule has 6 nitrogen and oxygen atoms in total. The molecule has 0 unspecified atom stereocenters. The fourth-order valence-electron chi connectivity index (χ4n) is 3.23. The summed E-state index contributed by atoms with van der Waals surface area (Å²) in [6.45, 7) is 4.11. The molecule has 1 aromatic heterocycles. The van der Waals surface area contributed by atoms with Crippen LogP contribution in [0.1, 0.15) is 27.2 Å². The van der Waals surface area contributed by atoms with Crippen LogP contribution in [0, 0.1) is 13.8 Å². The highest BCUT2D eigenvalue weighted by Gasteiger charge is 2.34. The van der Waals surface area contributed by atoms with Crippen molar-refractivity contribution in [1.29, 1.82) is 0 Å². The molecule has 29 heavy (non-hydrogen) atoms. The lowest BCUT2D eigenvalue weighted by molar-refractivity contribution is -0.141. The van der Waals surface area contributed by atoms with Crippen LogP contribution in [0.2, 0.25) is 0 Å². The van der Waals surface area contributed by atoms with E-state index < -0.39 is 27.8 Å². The highest BCUT2D eigenvalue weighted by molar-refractivity contribution is 7.89. The molecule has 0 N–H and O–H groups in total. The lowest BCUT2D eigenvalue weighted by Crippen LogP contribution is -2.50. The predicted octanol–water partition coefficient (Wildman–Crippen LogP) is 2.86. The van der Waals surface area contributed by atoms with Crippen molar-refractivity contribution in [2.75, 3.05) is 26.2 Å². The quantitative estimate of drug-likeness (QED) is 0.755. The van der Waals surface area contributed by atoms with Crippen molar-refractivity contribution >= 4 is 15.9 Å². The van der Waals surface area contributed by atoms with Gasteiger partial charge in [0.2, 0.25) is 10.0 Å². The lowest BCUT2D eigenvalue weighted by atomic mass is 10.2. The molecule has 0 bridgehead atoms. The Morgan fingerprint density at radius 3 is 2.21 bits per heavy atom. The van der Waals surface area contributed by atoms with Crippen LogP contribution in [0.25, 0.3) is 0 Å². The number of carbonyl (C=O) groups excluding carboxylic acids is 1. The van der Waals surface area contributed by atoms with E-state index in [4.69, 9.17) is 0 Å². The molecular formula is C19H20F3N3O3S. The third-order valence-corrected chi connectivity index (χ3v) is 6.83.